The number of amides is 2. The van der Waals surface area contributed by atoms with E-state index >= 15 is 0 Å². The second-order valence-corrected chi connectivity index (χ2v) is 18.6. The van der Waals surface area contributed by atoms with Crippen molar-refractivity contribution in [3.63, 3.8) is 0 Å². The summed E-state index contributed by atoms with van der Waals surface area (Å²) in [6.45, 7) is 7.17. The van der Waals surface area contributed by atoms with E-state index in [1.807, 2.05) is 47.2 Å². The minimum atomic E-state index is -2.85. The molecule has 2 N–H and O–H groups in total. The molecule has 0 aliphatic rings. The van der Waals surface area contributed by atoms with Crippen molar-refractivity contribution in [3.8, 4) is 5.69 Å². The lowest BCUT2D eigenvalue weighted by Gasteiger charge is -2.43. The van der Waals surface area contributed by atoms with Crippen LogP contribution in [0.25, 0.3) is 11.8 Å². The molecule has 2 aromatic heterocycles. The van der Waals surface area contributed by atoms with Crippen LogP contribution in [0.1, 0.15) is 48.0 Å². The summed E-state index contributed by atoms with van der Waals surface area (Å²) in [5.74, 6) is -0.494. The minimum absolute atomic E-state index is 0.215. The molecule has 10 heteroatoms. The van der Waals surface area contributed by atoms with E-state index < -0.39 is 8.32 Å². The average molecular weight is 760 g/mol. The zero-order valence-electron chi connectivity index (χ0n) is 29.7. The molecule has 7 nitrogen and oxygen atoms in total. The highest BCUT2D eigenvalue weighted by Crippen LogP contribution is 2.39. The number of rotatable bonds is 12. The van der Waals surface area contributed by atoms with Gasteiger partial charge in [-0.15, -0.1) is 0 Å². The molecule has 6 rings (SSSR count). The van der Waals surface area contributed by atoms with Crippen molar-refractivity contribution in [1.82, 2.24) is 14.9 Å². The average Bonchev–Trinajstić information content (AvgIpc) is 3.63. The Hall–Kier alpha value is -5.25. The highest BCUT2D eigenvalue weighted by Gasteiger charge is 2.50. The maximum atomic E-state index is 12.9. The molecule has 0 radical (unpaired) electrons. The van der Waals surface area contributed by atoms with E-state index in [9.17, 15) is 9.59 Å². The van der Waals surface area contributed by atoms with Crippen molar-refractivity contribution in [2.45, 2.75) is 39.0 Å². The third-order valence-corrected chi connectivity index (χ3v) is 14.8. The van der Waals surface area contributed by atoms with Gasteiger partial charge in [0, 0.05) is 52.2 Å². The standard InChI is InChI=1S/C43H40Cl2N4O3Si/c1-43(2,3)53(35-12-6-4-7-13-35,36-14-8-5-9-15-36)52-30-37-38(44)21-22-39(41(37)45)49-28-10-11-34(49)29-47-40(50)23-18-31-16-19-32(20-17-31)42(51)48-33-24-26-46-27-25-33/h4-28H,29-30H2,1-3H3,(H,47,50)(H,46,48,51). The molecule has 0 aliphatic carbocycles. The van der Waals surface area contributed by atoms with E-state index in [0.717, 1.165) is 16.9 Å². The van der Waals surface area contributed by atoms with Crippen molar-refractivity contribution < 1.29 is 14.0 Å². The first kappa shape index (κ1) is 37.5. The third kappa shape index (κ3) is 8.53. The van der Waals surface area contributed by atoms with Gasteiger partial charge in [0.1, 0.15) is 0 Å². The molecule has 6 aromatic rings. The van der Waals surface area contributed by atoms with E-state index in [4.69, 9.17) is 27.6 Å². The molecule has 0 unspecified atom stereocenters. The van der Waals surface area contributed by atoms with Gasteiger partial charge < -0.3 is 19.6 Å². The molecule has 4 aromatic carbocycles. The molecular formula is C43H40Cl2N4O3Si. The van der Waals surface area contributed by atoms with Gasteiger partial charge in [-0.1, -0.05) is 117 Å². The summed E-state index contributed by atoms with van der Waals surface area (Å²) in [6.07, 6.45) is 8.30. The first-order valence-corrected chi connectivity index (χ1v) is 19.9. The lowest BCUT2D eigenvalue weighted by atomic mass is 10.1. The number of aromatic nitrogens is 2. The van der Waals surface area contributed by atoms with Gasteiger partial charge in [-0.3, -0.25) is 14.6 Å². The van der Waals surface area contributed by atoms with E-state index in [2.05, 4.69) is 84.9 Å². The summed E-state index contributed by atoms with van der Waals surface area (Å²) in [5.41, 5.74) is 4.21. The lowest BCUT2D eigenvalue weighted by Crippen LogP contribution is -2.66. The van der Waals surface area contributed by atoms with Crippen molar-refractivity contribution >= 4 is 65.5 Å². The fourth-order valence-electron chi connectivity index (χ4n) is 6.43. The third-order valence-electron chi connectivity index (χ3n) is 9.09. The van der Waals surface area contributed by atoms with Crippen LogP contribution >= 0.6 is 23.2 Å². The molecule has 53 heavy (non-hydrogen) atoms. The Morgan fingerprint density at radius 2 is 1.45 bits per heavy atom. The first-order chi connectivity index (χ1) is 25.6. The molecule has 268 valence electrons. The first-order valence-electron chi connectivity index (χ1n) is 17.2. The summed E-state index contributed by atoms with van der Waals surface area (Å²) in [5, 5.41) is 8.92. The van der Waals surface area contributed by atoms with Crippen molar-refractivity contribution in [3.05, 3.63) is 178 Å². The topological polar surface area (TPSA) is 85.2 Å². The minimum Gasteiger partial charge on any atom is -0.403 e. The predicted molar refractivity (Wildman–Crippen MR) is 218 cm³/mol. The van der Waals surface area contributed by atoms with Gasteiger partial charge in [0.25, 0.3) is 14.2 Å². The van der Waals surface area contributed by atoms with E-state index in [-0.39, 0.29) is 30.0 Å². The Kier molecular flexibility index (Phi) is 11.8. The van der Waals surface area contributed by atoms with Crippen LogP contribution in [0.3, 0.4) is 0 Å². The molecule has 0 spiro atoms. The monoisotopic (exact) mass is 758 g/mol. The number of halogens is 2. The second-order valence-electron chi connectivity index (χ2n) is 13.5. The van der Waals surface area contributed by atoms with Crippen molar-refractivity contribution in [2.75, 3.05) is 5.32 Å². The Bertz CT molecular complexity index is 2160. The smallest absolute Gasteiger partial charge is 0.261 e. The summed E-state index contributed by atoms with van der Waals surface area (Å²) >= 11 is 14.0. The lowest BCUT2D eigenvalue weighted by molar-refractivity contribution is -0.116. The molecule has 2 heterocycles. The fourth-order valence-corrected chi connectivity index (χ4v) is 11.5. The van der Waals surface area contributed by atoms with Crippen LogP contribution in [0, 0.1) is 0 Å². The molecule has 0 bridgehead atoms. The number of benzene rings is 4. The molecule has 2 amide bonds. The number of pyridine rings is 1. The van der Waals surface area contributed by atoms with Gasteiger partial charge in [-0.05, 0) is 75.6 Å². The highest BCUT2D eigenvalue weighted by atomic mass is 35.5. The largest absolute Gasteiger partial charge is 0.403 e. The maximum Gasteiger partial charge on any atom is 0.261 e. The predicted octanol–water partition coefficient (Wildman–Crippen LogP) is 8.84. The molecule has 0 aliphatic heterocycles. The van der Waals surface area contributed by atoms with Gasteiger partial charge in [0.05, 0.1) is 23.9 Å². The SMILES string of the molecule is CC(C)(C)[Si](OCc1c(Cl)ccc(-n2cccc2CNC(=O)C=Cc2ccc(C(=O)Nc3ccncc3)cc2)c1Cl)(c1ccccc1)c1ccccc1. The Labute approximate surface area is 321 Å². The highest BCUT2D eigenvalue weighted by molar-refractivity contribution is 6.99. The quantitative estimate of drug-likeness (QED) is 0.0965. The maximum absolute atomic E-state index is 12.9. The number of nitrogens with one attached hydrogen (secondary N) is 2. The number of nitrogens with zero attached hydrogens (tertiary/aromatic N) is 2. The molecule has 0 atom stereocenters. The second kappa shape index (κ2) is 16.6. The number of carbonyl (C=O) groups excluding carboxylic acids is 2. The van der Waals surface area contributed by atoms with Crippen LogP contribution in [0.4, 0.5) is 5.69 Å². The Morgan fingerprint density at radius 3 is 2.08 bits per heavy atom. The van der Waals surface area contributed by atoms with Gasteiger partial charge >= 0.3 is 0 Å². The molecular weight excluding hydrogens is 719 g/mol. The molecule has 0 saturated carbocycles. The number of carbonyl (C=O) groups is 2. The summed E-state index contributed by atoms with van der Waals surface area (Å²) in [7, 11) is -2.85. The van der Waals surface area contributed by atoms with Crippen LogP contribution in [-0.2, 0) is 22.4 Å². The van der Waals surface area contributed by atoms with Gasteiger partial charge in [-0.25, -0.2) is 0 Å². The van der Waals surface area contributed by atoms with Crippen molar-refractivity contribution in [2.24, 2.45) is 0 Å². The number of hydrogen-bond acceptors (Lipinski definition) is 4. The zero-order chi connectivity index (χ0) is 37.4. The van der Waals surface area contributed by atoms with Crippen LogP contribution in [0.15, 0.2) is 146 Å². The zero-order valence-corrected chi connectivity index (χ0v) is 32.2. The normalized spacial score (nSPS) is 11.8. The Morgan fingerprint density at radius 1 is 0.811 bits per heavy atom. The molecule has 0 saturated heterocycles. The summed E-state index contributed by atoms with van der Waals surface area (Å²) in [4.78, 5) is 29.4. The number of anilines is 1. The summed E-state index contributed by atoms with van der Waals surface area (Å²) < 4.78 is 9.12. The van der Waals surface area contributed by atoms with Crippen molar-refractivity contribution in [1.29, 1.82) is 0 Å². The molecule has 0 fully saturated rings. The van der Waals surface area contributed by atoms with Crippen LogP contribution in [0.5, 0.6) is 0 Å². The van der Waals surface area contributed by atoms with Crippen LogP contribution in [0.2, 0.25) is 15.1 Å². The van der Waals surface area contributed by atoms with Gasteiger partial charge in [0.2, 0.25) is 5.91 Å². The van der Waals surface area contributed by atoms with Gasteiger partial charge in [-0.2, -0.15) is 0 Å². The van der Waals surface area contributed by atoms with E-state index in [1.165, 1.54) is 16.4 Å². The van der Waals surface area contributed by atoms with E-state index in [0.29, 0.717) is 26.9 Å². The van der Waals surface area contributed by atoms with Crippen LogP contribution in [-0.4, -0.2) is 29.7 Å². The van der Waals surface area contributed by atoms with E-state index in [1.54, 1.807) is 54.9 Å². The summed E-state index contributed by atoms with van der Waals surface area (Å²) in [6, 6.07) is 38.9. The fraction of sp³-hybridized carbons (Fsp3) is 0.140. The van der Waals surface area contributed by atoms with Crippen LogP contribution < -0.4 is 21.0 Å². The van der Waals surface area contributed by atoms with Gasteiger partial charge in [0.15, 0.2) is 0 Å². The number of hydrogen-bond donors (Lipinski definition) is 2. The Balaban J connectivity index is 1.16.